The molecule has 1 saturated heterocycles. The van der Waals surface area contributed by atoms with Gasteiger partial charge in [-0.1, -0.05) is 23.7 Å². The van der Waals surface area contributed by atoms with Gasteiger partial charge in [0.1, 0.15) is 11.6 Å². The van der Waals surface area contributed by atoms with Crippen LogP contribution in [0.25, 0.3) is 5.70 Å². The molecule has 114 valence electrons. The molecule has 6 heteroatoms. The summed E-state index contributed by atoms with van der Waals surface area (Å²) in [5.41, 5.74) is 6.92. The van der Waals surface area contributed by atoms with E-state index in [-0.39, 0.29) is 5.57 Å². The molecule has 0 radical (unpaired) electrons. The molecule has 5 nitrogen and oxygen atoms in total. The maximum Gasteiger partial charge on any atom is 0.259 e. The number of hydrogen-bond donors (Lipinski definition) is 1. The van der Waals surface area contributed by atoms with Gasteiger partial charge in [-0.15, -0.1) is 0 Å². The number of amides is 1. The van der Waals surface area contributed by atoms with Gasteiger partial charge >= 0.3 is 0 Å². The summed E-state index contributed by atoms with van der Waals surface area (Å²) in [4.78, 5) is 13.3. The van der Waals surface area contributed by atoms with E-state index in [1.807, 2.05) is 12.1 Å². The highest BCUT2D eigenvalue weighted by Crippen LogP contribution is 2.22. The first-order chi connectivity index (χ1) is 10.6. The van der Waals surface area contributed by atoms with E-state index < -0.39 is 5.91 Å². The molecule has 0 atom stereocenters. The van der Waals surface area contributed by atoms with E-state index in [1.165, 1.54) is 6.08 Å². The monoisotopic (exact) mass is 317 g/mol. The molecule has 1 aliphatic rings. The Kier molecular flexibility index (Phi) is 5.59. The largest absolute Gasteiger partial charge is 0.378 e. The number of hydrogen-bond acceptors (Lipinski definition) is 4. The molecule has 0 saturated carbocycles. The van der Waals surface area contributed by atoms with E-state index in [0.717, 1.165) is 24.4 Å². The Labute approximate surface area is 134 Å². The van der Waals surface area contributed by atoms with Crippen molar-refractivity contribution in [2.24, 2.45) is 5.73 Å². The number of nitrogens with two attached hydrogens (primary N) is 1. The van der Waals surface area contributed by atoms with Crippen molar-refractivity contribution >= 4 is 23.2 Å². The molecule has 1 aliphatic heterocycles. The Bertz CT molecular complexity index is 638. The smallest absolute Gasteiger partial charge is 0.259 e. The molecule has 2 rings (SSSR count). The Hall–Kier alpha value is -2.29. The summed E-state index contributed by atoms with van der Waals surface area (Å²) in [7, 11) is 0. The van der Waals surface area contributed by atoms with Gasteiger partial charge in [0.05, 0.1) is 13.2 Å². The maximum absolute atomic E-state index is 11.2. The van der Waals surface area contributed by atoms with Crippen LogP contribution in [-0.4, -0.2) is 37.1 Å². The predicted molar refractivity (Wildman–Crippen MR) is 84.7 cm³/mol. The molecule has 0 bridgehead atoms. The summed E-state index contributed by atoms with van der Waals surface area (Å²) < 4.78 is 5.36. The summed E-state index contributed by atoms with van der Waals surface area (Å²) >= 11 is 5.92. The van der Waals surface area contributed by atoms with Crippen LogP contribution in [0.5, 0.6) is 0 Å². The molecule has 1 fully saturated rings. The molecule has 1 amide bonds. The lowest BCUT2D eigenvalue weighted by atomic mass is 10.1. The molecule has 1 aromatic rings. The molecule has 2 N–H and O–H groups in total. The highest BCUT2D eigenvalue weighted by Gasteiger charge is 2.15. The third kappa shape index (κ3) is 4.10. The zero-order chi connectivity index (χ0) is 15.9. The minimum absolute atomic E-state index is 0.0836. The van der Waals surface area contributed by atoms with E-state index in [4.69, 9.17) is 27.3 Å². The number of nitriles is 1. The lowest BCUT2D eigenvalue weighted by Crippen LogP contribution is -2.34. The molecule has 0 aliphatic carbocycles. The first kappa shape index (κ1) is 16.1. The van der Waals surface area contributed by atoms with Crippen molar-refractivity contribution < 1.29 is 9.53 Å². The topological polar surface area (TPSA) is 79.3 Å². The van der Waals surface area contributed by atoms with Gasteiger partial charge in [0.15, 0.2) is 0 Å². The number of morpholine rings is 1. The quantitative estimate of drug-likeness (QED) is 0.523. The van der Waals surface area contributed by atoms with E-state index in [9.17, 15) is 4.79 Å². The van der Waals surface area contributed by atoms with Crippen LogP contribution in [0.2, 0.25) is 5.02 Å². The van der Waals surface area contributed by atoms with Crippen LogP contribution in [0.1, 0.15) is 5.56 Å². The first-order valence-corrected chi connectivity index (χ1v) is 7.20. The van der Waals surface area contributed by atoms with Crippen LogP contribution in [0.15, 0.2) is 42.0 Å². The third-order valence-electron chi connectivity index (χ3n) is 3.29. The maximum atomic E-state index is 11.2. The molecule has 0 aromatic heterocycles. The van der Waals surface area contributed by atoms with E-state index in [1.54, 1.807) is 24.3 Å². The normalized spacial score (nSPS) is 16.3. The first-order valence-electron chi connectivity index (χ1n) is 6.82. The van der Waals surface area contributed by atoms with Crippen molar-refractivity contribution in [1.82, 2.24) is 4.90 Å². The number of primary amides is 1. The molecule has 1 heterocycles. The average molecular weight is 318 g/mol. The van der Waals surface area contributed by atoms with Crippen molar-refractivity contribution in [2.45, 2.75) is 0 Å². The van der Waals surface area contributed by atoms with Gasteiger partial charge in [-0.25, -0.2) is 0 Å². The minimum Gasteiger partial charge on any atom is -0.378 e. The van der Waals surface area contributed by atoms with E-state index >= 15 is 0 Å². The Morgan fingerprint density at radius 2 is 1.91 bits per heavy atom. The van der Waals surface area contributed by atoms with Crippen molar-refractivity contribution in [3.8, 4) is 6.07 Å². The number of nitrogens with zero attached hydrogens (tertiary/aromatic N) is 2. The summed E-state index contributed by atoms with van der Waals surface area (Å²) in [6.45, 7) is 2.74. The minimum atomic E-state index is -0.740. The van der Waals surface area contributed by atoms with E-state index in [0.29, 0.717) is 18.2 Å². The zero-order valence-corrected chi connectivity index (χ0v) is 12.7. The van der Waals surface area contributed by atoms with Crippen LogP contribution in [0, 0.1) is 11.3 Å². The van der Waals surface area contributed by atoms with Crippen LogP contribution >= 0.6 is 11.6 Å². The molecular formula is C16H16ClN3O2. The summed E-state index contributed by atoms with van der Waals surface area (Å²) in [6.07, 6.45) is 3.18. The summed E-state index contributed by atoms with van der Waals surface area (Å²) in [6, 6.07) is 9.19. The van der Waals surface area contributed by atoms with Crippen molar-refractivity contribution in [2.75, 3.05) is 26.3 Å². The number of allylic oxidation sites excluding steroid dienone is 2. The number of ether oxygens (including phenoxy) is 1. The average Bonchev–Trinajstić information content (AvgIpc) is 2.53. The zero-order valence-electron chi connectivity index (χ0n) is 12.0. The summed E-state index contributed by atoms with van der Waals surface area (Å²) in [5, 5.41) is 9.58. The number of carbonyl (C=O) groups excluding carboxylic acids is 1. The van der Waals surface area contributed by atoms with Crippen LogP contribution in [0.3, 0.4) is 0 Å². The third-order valence-corrected chi connectivity index (χ3v) is 3.54. The number of halogens is 1. The highest BCUT2D eigenvalue weighted by atomic mass is 35.5. The number of benzene rings is 1. The fourth-order valence-corrected chi connectivity index (χ4v) is 2.27. The van der Waals surface area contributed by atoms with Crippen LogP contribution in [0.4, 0.5) is 0 Å². The van der Waals surface area contributed by atoms with Crippen molar-refractivity contribution in [3.05, 3.63) is 52.6 Å². The Morgan fingerprint density at radius 3 is 2.45 bits per heavy atom. The molecule has 1 aromatic carbocycles. The van der Waals surface area contributed by atoms with Crippen molar-refractivity contribution in [3.63, 3.8) is 0 Å². The Morgan fingerprint density at radius 1 is 1.27 bits per heavy atom. The van der Waals surface area contributed by atoms with Crippen LogP contribution < -0.4 is 5.73 Å². The fraction of sp³-hybridized carbons (Fsp3) is 0.250. The van der Waals surface area contributed by atoms with Gasteiger partial charge in [0, 0.05) is 23.8 Å². The summed E-state index contributed by atoms with van der Waals surface area (Å²) in [5.74, 6) is -0.740. The lowest BCUT2D eigenvalue weighted by Gasteiger charge is -2.31. The Balaban J connectivity index is 2.38. The molecule has 22 heavy (non-hydrogen) atoms. The van der Waals surface area contributed by atoms with Gasteiger partial charge in [-0.3, -0.25) is 4.79 Å². The number of carbonyl (C=O) groups is 1. The molecule has 0 unspecified atom stereocenters. The fourth-order valence-electron chi connectivity index (χ4n) is 2.15. The highest BCUT2D eigenvalue weighted by molar-refractivity contribution is 6.30. The standard InChI is InChI=1S/C16H16ClN3O2/c17-14-4-1-12(2-5-14)15(20-7-9-22-10-8-20)6-3-13(11-18)16(19)21/h1-6H,7-10H2,(H2,19,21). The van der Waals surface area contributed by atoms with E-state index in [2.05, 4.69) is 4.90 Å². The molecular weight excluding hydrogens is 302 g/mol. The van der Waals surface area contributed by atoms with Crippen LogP contribution in [-0.2, 0) is 9.53 Å². The second-order valence-electron chi connectivity index (χ2n) is 4.71. The predicted octanol–water partition coefficient (Wildman–Crippen LogP) is 1.95. The second kappa shape index (κ2) is 7.64. The number of rotatable bonds is 4. The van der Waals surface area contributed by atoms with Gasteiger partial charge in [-0.05, 0) is 29.8 Å². The molecule has 0 spiro atoms. The van der Waals surface area contributed by atoms with Crippen molar-refractivity contribution in [1.29, 1.82) is 5.26 Å². The van der Waals surface area contributed by atoms with Gasteiger partial charge in [0.2, 0.25) is 0 Å². The second-order valence-corrected chi connectivity index (χ2v) is 5.15. The van der Waals surface area contributed by atoms with Gasteiger partial charge in [0.25, 0.3) is 5.91 Å². The lowest BCUT2D eigenvalue weighted by molar-refractivity contribution is -0.114. The van der Waals surface area contributed by atoms with Gasteiger partial charge in [-0.2, -0.15) is 5.26 Å². The SMILES string of the molecule is N#CC(=CC=C(c1ccc(Cl)cc1)N1CCOCC1)C(N)=O. The van der Waals surface area contributed by atoms with Gasteiger partial charge < -0.3 is 15.4 Å².